The molecule has 14 heavy (non-hydrogen) atoms. The Morgan fingerprint density at radius 1 is 1.29 bits per heavy atom. The highest BCUT2D eigenvalue weighted by Crippen LogP contribution is 2.32. The minimum Gasteiger partial charge on any atom is -0.388 e. The summed E-state index contributed by atoms with van der Waals surface area (Å²) in [6, 6.07) is 9.43. The first-order valence-corrected chi connectivity index (χ1v) is 5.05. The lowest BCUT2D eigenvalue weighted by Crippen LogP contribution is -2.16. The van der Waals surface area contributed by atoms with Gasteiger partial charge in [-0.15, -0.1) is 0 Å². The van der Waals surface area contributed by atoms with Crippen molar-refractivity contribution in [2.75, 3.05) is 0 Å². The minimum absolute atomic E-state index is 0.169. The van der Waals surface area contributed by atoms with Crippen molar-refractivity contribution in [1.29, 1.82) is 0 Å². The van der Waals surface area contributed by atoms with E-state index in [1.54, 1.807) is 0 Å². The molecule has 0 bridgehead atoms. The number of carbonyl (C=O) groups excluding carboxylic acids is 1. The predicted octanol–water partition coefficient (Wildman–Crippen LogP) is 2.09. The van der Waals surface area contributed by atoms with Crippen molar-refractivity contribution in [2.24, 2.45) is 5.92 Å². The lowest BCUT2D eigenvalue weighted by atomic mass is 9.94. The molecule has 0 radical (unpaired) electrons. The molecule has 1 aliphatic carbocycles. The monoisotopic (exact) mass is 190 g/mol. The van der Waals surface area contributed by atoms with E-state index in [1.807, 2.05) is 30.3 Å². The third kappa shape index (κ3) is 1.70. The SMILES string of the molecule is O=C1CCCC1[C@@H](O)c1ccccc1. The minimum atomic E-state index is -0.605. The van der Waals surface area contributed by atoms with Gasteiger partial charge in [0.25, 0.3) is 0 Å². The summed E-state index contributed by atoms with van der Waals surface area (Å²) in [6.45, 7) is 0. The summed E-state index contributed by atoms with van der Waals surface area (Å²) >= 11 is 0. The lowest BCUT2D eigenvalue weighted by Gasteiger charge is -2.16. The van der Waals surface area contributed by atoms with E-state index in [0.29, 0.717) is 6.42 Å². The van der Waals surface area contributed by atoms with Gasteiger partial charge in [-0.05, 0) is 18.4 Å². The highest BCUT2D eigenvalue weighted by Gasteiger charge is 2.31. The Kier molecular flexibility index (Phi) is 2.64. The van der Waals surface area contributed by atoms with Gasteiger partial charge in [0.15, 0.2) is 0 Å². The first-order chi connectivity index (χ1) is 6.79. The number of carbonyl (C=O) groups is 1. The molecule has 0 spiro atoms. The Morgan fingerprint density at radius 2 is 2.00 bits per heavy atom. The van der Waals surface area contributed by atoms with Crippen LogP contribution in [0, 0.1) is 5.92 Å². The van der Waals surface area contributed by atoms with Gasteiger partial charge in [0.1, 0.15) is 5.78 Å². The number of benzene rings is 1. The van der Waals surface area contributed by atoms with E-state index in [1.165, 1.54) is 0 Å². The molecule has 2 rings (SSSR count). The topological polar surface area (TPSA) is 37.3 Å². The molecule has 0 amide bonds. The van der Waals surface area contributed by atoms with Gasteiger partial charge in [0.2, 0.25) is 0 Å². The molecule has 0 saturated heterocycles. The zero-order valence-corrected chi connectivity index (χ0v) is 8.02. The Hall–Kier alpha value is -1.15. The lowest BCUT2D eigenvalue weighted by molar-refractivity contribution is -0.123. The van der Waals surface area contributed by atoms with Gasteiger partial charge in [0, 0.05) is 12.3 Å². The van der Waals surface area contributed by atoms with E-state index in [-0.39, 0.29) is 11.7 Å². The fraction of sp³-hybridized carbons (Fsp3) is 0.417. The number of hydrogen-bond acceptors (Lipinski definition) is 2. The van der Waals surface area contributed by atoms with Crippen molar-refractivity contribution < 1.29 is 9.90 Å². The van der Waals surface area contributed by atoms with Crippen molar-refractivity contribution in [2.45, 2.75) is 25.4 Å². The van der Waals surface area contributed by atoms with Crippen LogP contribution in [0.4, 0.5) is 0 Å². The first-order valence-electron chi connectivity index (χ1n) is 5.05. The molecular formula is C12H14O2. The third-order valence-electron chi connectivity index (χ3n) is 2.87. The van der Waals surface area contributed by atoms with Gasteiger partial charge < -0.3 is 5.11 Å². The summed E-state index contributed by atoms with van der Waals surface area (Å²) in [5, 5.41) is 9.97. The standard InChI is InChI=1S/C12H14O2/c13-11-8-4-7-10(11)12(14)9-5-2-1-3-6-9/h1-3,5-6,10,12,14H,4,7-8H2/t10?,12-/m0/s1. The van der Waals surface area contributed by atoms with Crippen LogP contribution in [0.25, 0.3) is 0 Å². The third-order valence-corrected chi connectivity index (χ3v) is 2.87. The molecule has 1 fully saturated rings. The van der Waals surface area contributed by atoms with E-state index < -0.39 is 6.10 Å². The molecule has 1 N–H and O–H groups in total. The number of rotatable bonds is 2. The van der Waals surface area contributed by atoms with Crippen LogP contribution >= 0.6 is 0 Å². The molecule has 1 aliphatic rings. The van der Waals surface area contributed by atoms with Crippen LogP contribution in [0.15, 0.2) is 30.3 Å². The van der Waals surface area contributed by atoms with Crippen molar-refractivity contribution in [3.8, 4) is 0 Å². The van der Waals surface area contributed by atoms with Gasteiger partial charge in [-0.25, -0.2) is 0 Å². The zero-order valence-electron chi connectivity index (χ0n) is 8.02. The van der Waals surface area contributed by atoms with Crippen molar-refractivity contribution in [1.82, 2.24) is 0 Å². The molecule has 1 aromatic carbocycles. The smallest absolute Gasteiger partial charge is 0.138 e. The number of Topliss-reactive ketones (excluding diaryl/α,β-unsaturated/α-hetero) is 1. The number of aliphatic hydroxyl groups excluding tert-OH is 1. The van der Waals surface area contributed by atoms with Gasteiger partial charge in [-0.2, -0.15) is 0 Å². The highest BCUT2D eigenvalue weighted by atomic mass is 16.3. The molecule has 1 unspecified atom stereocenters. The fourth-order valence-electron chi connectivity index (χ4n) is 2.06. The van der Waals surface area contributed by atoms with E-state index in [2.05, 4.69) is 0 Å². The molecule has 0 aliphatic heterocycles. The number of ketones is 1. The average molecular weight is 190 g/mol. The highest BCUT2D eigenvalue weighted by molar-refractivity contribution is 5.83. The molecule has 1 aromatic rings. The van der Waals surface area contributed by atoms with Crippen LogP contribution in [0.1, 0.15) is 30.9 Å². The summed E-state index contributed by atoms with van der Waals surface area (Å²) < 4.78 is 0. The Labute approximate surface area is 83.6 Å². The number of hydrogen-bond donors (Lipinski definition) is 1. The van der Waals surface area contributed by atoms with E-state index in [9.17, 15) is 9.90 Å². The normalized spacial score (nSPS) is 23.8. The Bertz CT molecular complexity index is 318. The van der Waals surface area contributed by atoms with Gasteiger partial charge in [0.05, 0.1) is 6.10 Å². The Balaban J connectivity index is 2.16. The second-order valence-electron chi connectivity index (χ2n) is 3.82. The molecular weight excluding hydrogens is 176 g/mol. The van der Waals surface area contributed by atoms with Gasteiger partial charge in [-0.1, -0.05) is 30.3 Å². The largest absolute Gasteiger partial charge is 0.388 e. The summed E-state index contributed by atoms with van der Waals surface area (Å²) in [6.07, 6.45) is 1.78. The van der Waals surface area contributed by atoms with Crippen LogP contribution in [-0.2, 0) is 4.79 Å². The zero-order chi connectivity index (χ0) is 9.97. The molecule has 2 nitrogen and oxygen atoms in total. The van der Waals surface area contributed by atoms with Crippen LogP contribution in [-0.4, -0.2) is 10.9 Å². The second kappa shape index (κ2) is 3.93. The maximum atomic E-state index is 11.4. The molecule has 2 atom stereocenters. The summed E-state index contributed by atoms with van der Waals surface area (Å²) in [7, 11) is 0. The van der Waals surface area contributed by atoms with Crippen molar-refractivity contribution in [3.05, 3.63) is 35.9 Å². The molecule has 74 valence electrons. The average Bonchev–Trinajstić information content (AvgIpc) is 2.65. The first kappa shape index (κ1) is 9.41. The maximum Gasteiger partial charge on any atom is 0.138 e. The summed E-state index contributed by atoms with van der Waals surface area (Å²) in [5.41, 5.74) is 0.854. The second-order valence-corrected chi connectivity index (χ2v) is 3.82. The van der Waals surface area contributed by atoms with E-state index in [4.69, 9.17) is 0 Å². The quantitative estimate of drug-likeness (QED) is 0.775. The van der Waals surface area contributed by atoms with Gasteiger partial charge >= 0.3 is 0 Å². The fourth-order valence-corrected chi connectivity index (χ4v) is 2.06. The van der Waals surface area contributed by atoms with Crippen LogP contribution < -0.4 is 0 Å². The molecule has 1 saturated carbocycles. The molecule has 0 heterocycles. The van der Waals surface area contributed by atoms with E-state index in [0.717, 1.165) is 18.4 Å². The molecule has 0 aromatic heterocycles. The molecule has 2 heteroatoms. The van der Waals surface area contributed by atoms with Crippen molar-refractivity contribution in [3.63, 3.8) is 0 Å². The Morgan fingerprint density at radius 3 is 2.57 bits per heavy atom. The van der Waals surface area contributed by atoms with Crippen LogP contribution in [0.3, 0.4) is 0 Å². The van der Waals surface area contributed by atoms with Gasteiger partial charge in [-0.3, -0.25) is 4.79 Å². The van der Waals surface area contributed by atoms with Crippen LogP contribution in [0.2, 0.25) is 0 Å². The van der Waals surface area contributed by atoms with Crippen molar-refractivity contribution >= 4 is 5.78 Å². The summed E-state index contributed by atoms with van der Waals surface area (Å²) in [4.78, 5) is 11.4. The van der Waals surface area contributed by atoms with E-state index >= 15 is 0 Å². The summed E-state index contributed by atoms with van der Waals surface area (Å²) in [5.74, 6) is 0.0405. The predicted molar refractivity (Wildman–Crippen MR) is 53.7 cm³/mol. The maximum absolute atomic E-state index is 11.4. The van der Waals surface area contributed by atoms with Crippen LogP contribution in [0.5, 0.6) is 0 Å². The number of aliphatic hydroxyl groups is 1.